The maximum Gasteiger partial charge on any atom is 0.274 e. The molecule has 0 aliphatic carbocycles. The van der Waals surface area contributed by atoms with Crippen LogP contribution in [0.15, 0.2) is 36.4 Å². The zero-order valence-corrected chi connectivity index (χ0v) is 17.2. The number of para-hydroxylation sites is 1. The van der Waals surface area contributed by atoms with Gasteiger partial charge in [-0.1, -0.05) is 29.0 Å². The highest BCUT2D eigenvalue weighted by Crippen LogP contribution is 2.34. The summed E-state index contributed by atoms with van der Waals surface area (Å²) in [5, 5.41) is 1.26. The second kappa shape index (κ2) is 7.72. The molecule has 0 atom stereocenters. The van der Waals surface area contributed by atoms with Crippen LogP contribution in [0.25, 0.3) is 10.2 Å². The smallest absolute Gasteiger partial charge is 0.274 e. The second-order valence-corrected chi connectivity index (χ2v) is 8.43. The Kier molecular flexibility index (Phi) is 4.93. The third-order valence-electron chi connectivity index (χ3n) is 5.14. The van der Waals surface area contributed by atoms with Crippen molar-refractivity contribution in [2.24, 2.45) is 0 Å². The van der Waals surface area contributed by atoms with Crippen molar-refractivity contribution >= 4 is 39.1 Å². The standard InChI is InChI=1S/C21H19ClN2O4S/c22-15-2-1-3-18-19(15)23-21(29-18)28-14-6-8-24(9-7-14)20(25)13-4-5-16-17(12-13)27-11-10-26-16/h1-5,12,14H,6-11H2. The number of thiazole rings is 1. The molecule has 5 rings (SSSR count). The number of amides is 1. The number of benzene rings is 2. The van der Waals surface area contributed by atoms with Crippen molar-refractivity contribution in [3.05, 3.63) is 47.0 Å². The van der Waals surface area contributed by atoms with Crippen molar-refractivity contribution in [2.75, 3.05) is 26.3 Å². The molecule has 1 fully saturated rings. The number of likely N-dealkylation sites (tertiary alicyclic amines) is 1. The van der Waals surface area contributed by atoms with E-state index in [1.165, 1.54) is 11.3 Å². The lowest BCUT2D eigenvalue weighted by molar-refractivity contribution is 0.0594. The first-order valence-electron chi connectivity index (χ1n) is 9.58. The number of carbonyl (C=O) groups is 1. The monoisotopic (exact) mass is 430 g/mol. The molecule has 6 nitrogen and oxygen atoms in total. The normalized spacial score (nSPS) is 16.8. The number of nitrogens with zero attached hydrogens (tertiary/aromatic N) is 2. The minimum atomic E-state index is 0.00666. The topological polar surface area (TPSA) is 60.9 Å². The van der Waals surface area contributed by atoms with Crippen molar-refractivity contribution in [3.8, 4) is 16.7 Å². The first-order chi connectivity index (χ1) is 14.2. The van der Waals surface area contributed by atoms with Crippen LogP contribution in [0.2, 0.25) is 5.02 Å². The van der Waals surface area contributed by atoms with Crippen LogP contribution in [-0.2, 0) is 0 Å². The van der Waals surface area contributed by atoms with Crippen LogP contribution in [0.4, 0.5) is 0 Å². The zero-order chi connectivity index (χ0) is 19.8. The molecular weight excluding hydrogens is 412 g/mol. The molecule has 2 aliphatic heterocycles. The predicted octanol–water partition coefficient (Wildman–Crippen LogP) is 4.40. The van der Waals surface area contributed by atoms with Crippen LogP contribution in [0.3, 0.4) is 0 Å². The minimum Gasteiger partial charge on any atom is -0.486 e. The van der Waals surface area contributed by atoms with Crippen LogP contribution >= 0.6 is 22.9 Å². The highest BCUT2D eigenvalue weighted by atomic mass is 35.5. The molecule has 8 heteroatoms. The van der Waals surface area contributed by atoms with Gasteiger partial charge in [-0.2, -0.15) is 0 Å². The number of hydrogen-bond donors (Lipinski definition) is 0. The van der Waals surface area contributed by atoms with Crippen molar-refractivity contribution in [1.82, 2.24) is 9.88 Å². The Labute approximate surface area is 177 Å². The van der Waals surface area contributed by atoms with Gasteiger partial charge in [0.15, 0.2) is 11.5 Å². The first kappa shape index (κ1) is 18.5. The maximum absolute atomic E-state index is 12.9. The van der Waals surface area contributed by atoms with Crippen molar-refractivity contribution in [2.45, 2.75) is 18.9 Å². The van der Waals surface area contributed by atoms with E-state index in [1.807, 2.05) is 23.1 Å². The van der Waals surface area contributed by atoms with E-state index in [2.05, 4.69) is 4.98 Å². The van der Waals surface area contributed by atoms with Gasteiger partial charge in [0.1, 0.15) is 24.8 Å². The van der Waals surface area contributed by atoms with Gasteiger partial charge in [0.25, 0.3) is 11.1 Å². The molecule has 0 spiro atoms. The predicted molar refractivity (Wildman–Crippen MR) is 112 cm³/mol. The van der Waals surface area contributed by atoms with Gasteiger partial charge in [-0.3, -0.25) is 4.79 Å². The summed E-state index contributed by atoms with van der Waals surface area (Å²) in [4.78, 5) is 19.2. The number of piperidine rings is 1. The van der Waals surface area contributed by atoms with E-state index in [0.29, 0.717) is 53.6 Å². The molecule has 150 valence electrons. The van der Waals surface area contributed by atoms with E-state index in [1.54, 1.807) is 18.2 Å². The molecule has 3 heterocycles. The third-order valence-corrected chi connectivity index (χ3v) is 6.35. The van der Waals surface area contributed by atoms with Gasteiger partial charge in [-0.05, 0) is 30.3 Å². The molecule has 1 amide bonds. The number of rotatable bonds is 3. The number of carbonyl (C=O) groups excluding carboxylic acids is 1. The van der Waals surface area contributed by atoms with E-state index in [-0.39, 0.29) is 12.0 Å². The van der Waals surface area contributed by atoms with Gasteiger partial charge in [0.05, 0.1) is 9.72 Å². The first-order valence-corrected chi connectivity index (χ1v) is 10.8. The van der Waals surface area contributed by atoms with Gasteiger partial charge < -0.3 is 19.1 Å². The van der Waals surface area contributed by atoms with Crippen molar-refractivity contribution in [3.63, 3.8) is 0 Å². The molecule has 2 aliphatic rings. The molecule has 1 aromatic heterocycles. The van der Waals surface area contributed by atoms with Crippen molar-refractivity contribution < 1.29 is 19.0 Å². The lowest BCUT2D eigenvalue weighted by Gasteiger charge is -2.31. The molecule has 0 radical (unpaired) electrons. The molecular formula is C21H19ClN2O4S. The number of hydrogen-bond acceptors (Lipinski definition) is 6. The summed E-state index contributed by atoms with van der Waals surface area (Å²) >= 11 is 7.70. The highest BCUT2D eigenvalue weighted by molar-refractivity contribution is 7.20. The Morgan fingerprint density at radius 3 is 2.72 bits per heavy atom. The van der Waals surface area contributed by atoms with E-state index in [0.717, 1.165) is 23.1 Å². The van der Waals surface area contributed by atoms with Crippen LogP contribution in [0.1, 0.15) is 23.2 Å². The van der Waals surface area contributed by atoms with Gasteiger partial charge in [0, 0.05) is 31.5 Å². The van der Waals surface area contributed by atoms with Crippen LogP contribution in [0.5, 0.6) is 16.7 Å². The lowest BCUT2D eigenvalue weighted by Crippen LogP contribution is -2.41. The summed E-state index contributed by atoms with van der Waals surface area (Å²) < 4.78 is 18.2. The summed E-state index contributed by atoms with van der Waals surface area (Å²) in [7, 11) is 0. The summed E-state index contributed by atoms with van der Waals surface area (Å²) in [6.07, 6.45) is 1.57. The minimum absolute atomic E-state index is 0.00666. The summed E-state index contributed by atoms with van der Waals surface area (Å²) in [5.74, 6) is 1.33. The van der Waals surface area contributed by atoms with Crippen LogP contribution < -0.4 is 14.2 Å². The Morgan fingerprint density at radius 2 is 1.93 bits per heavy atom. The third kappa shape index (κ3) is 3.72. The summed E-state index contributed by atoms with van der Waals surface area (Å²) in [5.41, 5.74) is 1.40. The van der Waals surface area contributed by atoms with E-state index in [9.17, 15) is 4.79 Å². The van der Waals surface area contributed by atoms with Gasteiger partial charge >= 0.3 is 0 Å². The Hall–Kier alpha value is -2.51. The molecule has 0 unspecified atom stereocenters. The highest BCUT2D eigenvalue weighted by Gasteiger charge is 2.26. The second-order valence-electron chi connectivity index (χ2n) is 7.03. The van der Waals surface area contributed by atoms with E-state index < -0.39 is 0 Å². The Balaban J connectivity index is 1.22. The van der Waals surface area contributed by atoms with Crippen LogP contribution in [-0.4, -0.2) is 48.2 Å². The summed E-state index contributed by atoms with van der Waals surface area (Å²) in [6.45, 7) is 2.33. The SMILES string of the molecule is O=C(c1ccc2c(c1)OCCO2)N1CCC(Oc2nc3c(Cl)cccc3s2)CC1. The fourth-order valence-electron chi connectivity index (χ4n) is 3.62. The fourth-order valence-corrected chi connectivity index (χ4v) is 4.80. The number of halogens is 1. The quantitative estimate of drug-likeness (QED) is 0.616. The molecule has 0 N–H and O–H groups in total. The van der Waals surface area contributed by atoms with E-state index >= 15 is 0 Å². The molecule has 29 heavy (non-hydrogen) atoms. The lowest BCUT2D eigenvalue weighted by atomic mass is 10.1. The number of fused-ring (bicyclic) bond motifs is 2. The number of ether oxygens (including phenoxy) is 3. The van der Waals surface area contributed by atoms with E-state index in [4.69, 9.17) is 25.8 Å². The maximum atomic E-state index is 12.9. The van der Waals surface area contributed by atoms with Gasteiger partial charge in [-0.15, -0.1) is 0 Å². The average Bonchev–Trinajstić information content (AvgIpc) is 3.17. The van der Waals surface area contributed by atoms with Crippen molar-refractivity contribution in [1.29, 1.82) is 0 Å². The average molecular weight is 431 g/mol. The Bertz CT molecular complexity index is 1060. The van der Waals surface area contributed by atoms with Crippen LogP contribution in [0, 0.1) is 0 Å². The summed E-state index contributed by atoms with van der Waals surface area (Å²) in [6, 6.07) is 11.1. The Morgan fingerprint density at radius 1 is 1.14 bits per heavy atom. The molecule has 0 bridgehead atoms. The molecule has 0 saturated carbocycles. The number of aromatic nitrogens is 1. The molecule has 2 aromatic carbocycles. The molecule has 3 aromatic rings. The fraction of sp³-hybridized carbons (Fsp3) is 0.333. The van der Waals surface area contributed by atoms with Gasteiger partial charge in [-0.25, -0.2) is 4.98 Å². The largest absolute Gasteiger partial charge is 0.486 e. The zero-order valence-electron chi connectivity index (χ0n) is 15.6. The molecule has 1 saturated heterocycles. The van der Waals surface area contributed by atoms with Gasteiger partial charge in [0.2, 0.25) is 0 Å².